The zero-order chi connectivity index (χ0) is 27.1. The molecular weight excluding hydrogens is 512 g/mol. The summed E-state index contributed by atoms with van der Waals surface area (Å²) in [6.45, 7) is 0. The second kappa shape index (κ2) is 11.8. The summed E-state index contributed by atoms with van der Waals surface area (Å²) >= 11 is 6.08. The number of carbonyl (C=O) groups excluding carboxylic acids is 3. The SMILES string of the molecule is O=C(Nc1cc(Cl)ccc1-n1cncn1)C(=O)N[C@@H](Cc1ccccc1)C(=O)Nc1ccc(C(=O)O)cc1. The van der Waals surface area contributed by atoms with Crippen molar-refractivity contribution in [1.29, 1.82) is 0 Å². The Labute approximate surface area is 221 Å². The molecule has 4 N–H and O–H groups in total. The van der Waals surface area contributed by atoms with Crippen LogP contribution in [0.4, 0.5) is 11.4 Å². The average Bonchev–Trinajstić information content (AvgIpc) is 3.44. The maximum atomic E-state index is 13.1. The minimum atomic E-state index is -1.12. The molecule has 38 heavy (non-hydrogen) atoms. The highest BCUT2D eigenvalue weighted by Gasteiger charge is 2.26. The van der Waals surface area contributed by atoms with Crippen molar-refractivity contribution in [2.45, 2.75) is 12.5 Å². The highest BCUT2D eigenvalue weighted by atomic mass is 35.5. The van der Waals surface area contributed by atoms with E-state index in [9.17, 15) is 19.2 Å². The van der Waals surface area contributed by atoms with E-state index in [-0.39, 0.29) is 17.7 Å². The van der Waals surface area contributed by atoms with Gasteiger partial charge in [-0.1, -0.05) is 41.9 Å². The minimum absolute atomic E-state index is 0.0556. The van der Waals surface area contributed by atoms with E-state index in [4.69, 9.17) is 16.7 Å². The predicted octanol–water partition coefficient (Wildman–Crippen LogP) is 2.92. The second-order valence-electron chi connectivity index (χ2n) is 8.04. The smallest absolute Gasteiger partial charge is 0.335 e. The number of anilines is 2. The molecule has 4 aromatic rings. The lowest BCUT2D eigenvalue weighted by Crippen LogP contribution is -2.49. The van der Waals surface area contributed by atoms with E-state index in [1.807, 2.05) is 6.07 Å². The Morgan fingerprint density at radius 2 is 1.66 bits per heavy atom. The number of carbonyl (C=O) groups is 4. The Morgan fingerprint density at radius 1 is 0.921 bits per heavy atom. The Kier molecular flexibility index (Phi) is 8.09. The molecule has 3 amide bonds. The van der Waals surface area contributed by atoms with Crippen molar-refractivity contribution in [3.05, 3.63) is 102 Å². The maximum Gasteiger partial charge on any atom is 0.335 e. The monoisotopic (exact) mass is 532 g/mol. The molecule has 1 heterocycles. The lowest BCUT2D eigenvalue weighted by atomic mass is 10.0. The number of carboxylic acids is 1. The van der Waals surface area contributed by atoms with E-state index in [2.05, 4.69) is 26.0 Å². The molecule has 1 atom stereocenters. The molecule has 12 heteroatoms. The molecule has 192 valence electrons. The molecule has 1 aromatic heterocycles. The highest BCUT2D eigenvalue weighted by Crippen LogP contribution is 2.24. The van der Waals surface area contributed by atoms with Crippen LogP contribution in [0.1, 0.15) is 15.9 Å². The Bertz CT molecular complexity index is 1460. The Hall–Kier alpha value is -5.03. The first-order valence-electron chi connectivity index (χ1n) is 11.2. The van der Waals surface area contributed by atoms with Crippen molar-refractivity contribution in [1.82, 2.24) is 20.1 Å². The van der Waals surface area contributed by atoms with E-state index in [0.29, 0.717) is 16.4 Å². The molecule has 0 spiro atoms. The molecule has 3 aromatic carbocycles. The zero-order valence-electron chi connectivity index (χ0n) is 19.7. The quantitative estimate of drug-likeness (QED) is 0.254. The van der Waals surface area contributed by atoms with Crippen LogP contribution < -0.4 is 16.0 Å². The van der Waals surface area contributed by atoms with Crippen molar-refractivity contribution in [2.24, 2.45) is 0 Å². The molecule has 4 rings (SSSR count). The van der Waals surface area contributed by atoms with Crippen molar-refractivity contribution >= 4 is 46.7 Å². The third-order valence-corrected chi connectivity index (χ3v) is 5.62. The van der Waals surface area contributed by atoms with E-state index in [1.54, 1.807) is 36.4 Å². The summed E-state index contributed by atoms with van der Waals surface area (Å²) in [5, 5.41) is 21.0. The van der Waals surface area contributed by atoms with Crippen LogP contribution in [0, 0.1) is 0 Å². The van der Waals surface area contributed by atoms with E-state index in [0.717, 1.165) is 5.56 Å². The van der Waals surface area contributed by atoms with E-state index in [1.165, 1.54) is 47.7 Å². The van der Waals surface area contributed by atoms with Crippen LogP contribution in [0.25, 0.3) is 5.69 Å². The fourth-order valence-electron chi connectivity index (χ4n) is 3.53. The standard InChI is InChI=1S/C26H21ClN6O5/c27-18-8-11-22(33-15-28-14-29-33)20(13-18)31-24(35)25(36)32-21(12-16-4-2-1-3-5-16)23(34)30-19-9-6-17(7-10-19)26(37)38/h1-11,13-15,21H,12H2,(H,30,34)(H,31,35)(H,32,36)(H,37,38)/t21-/m0/s1. The van der Waals surface area contributed by atoms with Gasteiger partial charge >= 0.3 is 17.8 Å². The summed E-state index contributed by atoms with van der Waals surface area (Å²) in [6, 6.07) is 18.0. The molecular formula is C26H21ClN6O5. The van der Waals surface area contributed by atoms with Crippen LogP contribution in [0.5, 0.6) is 0 Å². The molecule has 0 saturated heterocycles. The lowest BCUT2D eigenvalue weighted by Gasteiger charge is -2.19. The van der Waals surface area contributed by atoms with Gasteiger partial charge in [0.15, 0.2) is 0 Å². The number of hydrogen-bond donors (Lipinski definition) is 4. The minimum Gasteiger partial charge on any atom is -0.478 e. The van der Waals surface area contributed by atoms with Crippen LogP contribution in [0.15, 0.2) is 85.5 Å². The third-order valence-electron chi connectivity index (χ3n) is 5.38. The van der Waals surface area contributed by atoms with Crippen molar-refractivity contribution in [3.8, 4) is 5.69 Å². The summed E-state index contributed by atoms with van der Waals surface area (Å²) in [4.78, 5) is 53.7. The van der Waals surface area contributed by atoms with Gasteiger partial charge in [0.1, 0.15) is 18.7 Å². The largest absolute Gasteiger partial charge is 0.478 e. The summed E-state index contributed by atoms with van der Waals surface area (Å²) in [5.41, 5.74) is 1.77. The molecule has 0 aliphatic heterocycles. The molecule has 0 aliphatic rings. The third kappa shape index (κ3) is 6.59. The van der Waals surface area contributed by atoms with Gasteiger partial charge in [-0.2, -0.15) is 5.10 Å². The van der Waals surface area contributed by atoms with Gasteiger partial charge in [0.05, 0.1) is 16.9 Å². The van der Waals surface area contributed by atoms with Crippen LogP contribution in [-0.4, -0.2) is 49.6 Å². The second-order valence-corrected chi connectivity index (χ2v) is 8.48. The zero-order valence-corrected chi connectivity index (χ0v) is 20.4. The number of carboxylic acid groups (broad SMARTS) is 1. The van der Waals surface area contributed by atoms with Crippen molar-refractivity contribution in [2.75, 3.05) is 10.6 Å². The fraction of sp³-hybridized carbons (Fsp3) is 0.0769. The van der Waals surface area contributed by atoms with Crippen LogP contribution in [0.3, 0.4) is 0 Å². The fourth-order valence-corrected chi connectivity index (χ4v) is 3.70. The lowest BCUT2D eigenvalue weighted by molar-refractivity contribution is -0.137. The number of rotatable bonds is 8. The molecule has 11 nitrogen and oxygen atoms in total. The molecule has 0 fully saturated rings. The number of hydrogen-bond acceptors (Lipinski definition) is 6. The van der Waals surface area contributed by atoms with Gasteiger partial charge < -0.3 is 21.1 Å². The summed E-state index contributed by atoms with van der Waals surface area (Å²) < 4.78 is 1.39. The molecule has 0 saturated carbocycles. The van der Waals surface area contributed by atoms with Gasteiger partial charge in [-0.15, -0.1) is 0 Å². The molecule has 0 aliphatic carbocycles. The van der Waals surface area contributed by atoms with Crippen molar-refractivity contribution < 1.29 is 24.3 Å². The summed E-state index contributed by atoms with van der Waals surface area (Å²) in [7, 11) is 0. The normalized spacial score (nSPS) is 11.3. The number of amides is 3. The molecule has 0 bridgehead atoms. The van der Waals surface area contributed by atoms with Gasteiger partial charge in [0.2, 0.25) is 5.91 Å². The number of aromatic nitrogens is 3. The summed E-state index contributed by atoms with van der Waals surface area (Å²) in [6.07, 6.45) is 2.83. The number of halogens is 1. The van der Waals surface area contributed by atoms with Gasteiger partial charge in [-0.05, 0) is 48.0 Å². The number of nitrogens with one attached hydrogen (secondary N) is 3. The first kappa shape index (κ1) is 26.0. The average molecular weight is 533 g/mol. The van der Waals surface area contributed by atoms with E-state index >= 15 is 0 Å². The van der Waals surface area contributed by atoms with Gasteiger partial charge in [-0.3, -0.25) is 14.4 Å². The first-order valence-corrected chi connectivity index (χ1v) is 11.6. The van der Waals surface area contributed by atoms with Gasteiger partial charge in [0, 0.05) is 17.1 Å². The van der Waals surface area contributed by atoms with E-state index < -0.39 is 29.7 Å². The predicted molar refractivity (Wildman–Crippen MR) is 139 cm³/mol. The Balaban J connectivity index is 1.50. The maximum absolute atomic E-state index is 13.1. The number of aromatic carboxylic acids is 1. The highest BCUT2D eigenvalue weighted by molar-refractivity contribution is 6.40. The first-order chi connectivity index (χ1) is 18.3. The van der Waals surface area contributed by atoms with Crippen LogP contribution in [-0.2, 0) is 20.8 Å². The summed E-state index contributed by atoms with van der Waals surface area (Å²) in [5.74, 6) is -3.77. The van der Waals surface area contributed by atoms with Gasteiger partial charge in [-0.25, -0.2) is 14.5 Å². The van der Waals surface area contributed by atoms with Crippen LogP contribution in [0.2, 0.25) is 5.02 Å². The van der Waals surface area contributed by atoms with Crippen LogP contribution >= 0.6 is 11.6 Å². The Morgan fingerprint density at radius 3 is 2.32 bits per heavy atom. The van der Waals surface area contributed by atoms with Gasteiger partial charge in [0.25, 0.3) is 0 Å². The number of benzene rings is 3. The number of nitrogens with zero attached hydrogens (tertiary/aromatic N) is 3. The topological polar surface area (TPSA) is 155 Å². The van der Waals surface area contributed by atoms with Crippen molar-refractivity contribution in [3.63, 3.8) is 0 Å². The molecule has 0 unspecified atom stereocenters. The molecule has 0 radical (unpaired) electrons.